The van der Waals surface area contributed by atoms with Crippen LogP contribution in [0.4, 0.5) is 17.3 Å². The Morgan fingerprint density at radius 3 is 2.52 bits per heavy atom. The van der Waals surface area contributed by atoms with Crippen LogP contribution in [0.25, 0.3) is 11.2 Å². The van der Waals surface area contributed by atoms with E-state index in [1.54, 1.807) is 7.11 Å². The van der Waals surface area contributed by atoms with Gasteiger partial charge in [0.15, 0.2) is 17.0 Å². The van der Waals surface area contributed by atoms with Gasteiger partial charge in [-0.2, -0.15) is 5.10 Å². The van der Waals surface area contributed by atoms with E-state index in [4.69, 9.17) is 24.5 Å². The molecular weight excluding hydrogens is 504 g/mol. The molecule has 0 saturated carbocycles. The third-order valence-electron chi connectivity index (χ3n) is 8.22. The Hall–Kier alpha value is -4.14. The first-order chi connectivity index (χ1) is 19.3. The Labute approximate surface area is 234 Å². The number of fused-ring (bicyclic) bond motifs is 2. The molecule has 4 aromatic rings. The molecule has 0 radical (unpaired) electrons. The van der Waals surface area contributed by atoms with Crippen LogP contribution in [0.2, 0.25) is 0 Å². The van der Waals surface area contributed by atoms with Crippen molar-refractivity contribution >= 4 is 34.5 Å². The summed E-state index contributed by atoms with van der Waals surface area (Å²) in [5, 5.41) is 5.11. The highest BCUT2D eigenvalue weighted by atomic mass is 16.5. The molecule has 9 heteroatoms. The van der Waals surface area contributed by atoms with Gasteiger partial charge in [0.05, 0.1) is 32.5 Å². The van der Waals surface area contributed by atoms with Crippen molar-refractivity contribution < 1.29 is 14.3 Å². The lowest BCUT2D eigenvalue weighted by Gasteiger charge is -2.37. The van der Waals surface area contributed by atoms with Gasteiger partial charge >= 0.3 is 5.97 Å². The molecule has 0 bridgehead atoms. The summed E-state index contributed by atoms with van der Waals surface area (Å²) in [5.74, 6) is 2.18. The first-order valence-electron chi connectivity index (χ1n) is 14.0. The van der Waals surface area contributed by atoms with Crippen molar-refractivity contribution in [2.24, 2.45) is 5.41 Å². The molecule has 0 N–H and O–H groups in total. The van der Waals surface area contributed by atoms with Gasteiger partial charge in [0, 0.05) is 25.3 Å². The molecule has 2 aromatic carbocycles. The number of aromatic nitrogens is 4. The lowest BCUT2D eigenvalue weighted by Crippen LogP contribution is -2.37. The van der Waals surface area contributed by atoms with Crippen LogP contribution in [0, 0.1) is 5.41 Å². The summed E-state index contributed by atoms with van der Waals surface area (Å²) in [6.07, 6.45) is 5.99. The van der Waals surface area contributed by atoms with E-state index in [2.05, 4.69) is 35.8 Å². The average molecular weight is 541 g/mol. The molecule has 40 heavy (non-hydrogen) atoms. The molecule has 1 saturated heterocycles. The number of methoxy groups -OCH3 is 2. The van der Waals surface area contributed by atoms with Gasteiger partial charge in [-0.1, -0.05) is 26.0 Å². The Morgan fingerprint density at radius 1 is 1.02 bits per heavy atom. The van der Waals surface area contributed by atoms with E-state index in [9.17, 15) is 4.79 Å². The number of carbonyl (C=O) groups excluding carboxylic acids is 1. The summed E-state index contributed by atoms with van der Waals surface area (Å²) >= 11 is 0. The smallest absolute Gasteiger partial charge is 0.337 e. The molecule has 2 aliphatic heterocycles. The Balaban J connectivity index is 1.41. The predicted octanol–water partition coefficient (Wildman–Crippen LogP) is 5.38. The van der Waals surface area contributed by atoms with Crippen molar-refractivity contribution in [3.05, 3.63) is 65.4 Å². The van der Waals surface area contributed by atoms with Crippen LogP contribution >= 0.6 is 0 Å². The number of benzene rings is 2. The molecule has 2 aliphatic rings. The molecule has 0 atom stereocenters. The molecule has 4 heterocycles. The number of piperidine rings is 1. The quantitative estimate of drug-likeness (QED) is 0.301. The van der Waals surface area contributed by atoms with Crippen molar-refractivity contribution in [2.45, 2.75) is 46.1 Å². The van der Waals surface area contributed by atoms with Crippen LogP contribution in [-0.2, 0) is 17.7 Å². The summed E-state index contributed by atoms with van der Waals surface area (Å²) in [6, 6.07) is 13.8. The maximum Gasteiger partial charge on any atom is 0.337 e. The van der Waals surface area contributed by atoms with E-state index < -0.39 is 0 Å². The van der Waals surface area contributed by atoms with Crippen molar-refractivity contribution in [3.63, 3.8) is 0 Å². The van der Waals surface area contributed by atoms with Gasteiger partial charge in [-0.25, -0.2) is 19.4 Å². The van der Waals surface area contributed by atoms with Gasteiger partial charge in [0.25, 0.3) is 0 Å². The number of carbonyl (C=O) groups is 1. The number of ether oxygens (including phenoxy) is 2. The number of esters is 1. The first-order valence-corrected chi connectivity index (χ1v) is 14.0. The summed E-state index contributed by atoms with van der Waals surface area (Å²) < 4.78 is 12.3. The topological polar surface area (TPSA) is 85.6 Å². The van der Waals surface area contributed by atoms with E-state index in [-0.39, 0.29) is 5.97 Å². The molecule has 0 aliphatic carbocycles. The third kappa shape index (κ3) is 4.96. The maximum atomic E-state index is 12.2. The number of aryl methyl sites for hydroxylation is 1. The minimum atomic E-state index is -0.325. The number of hydrogen-bond donors (Lipinski definition) is 0. The van der Waals surface area contributed by atoms with Crippen LogP contribution < -0.4 is 14.5 Å². The summed E-state index contributed by atoms with van der Waals surface area (Å²) in [7, 11) is 3.08. The molecule has 2 aromatic heterocycles. The van der Waals surface area contributed by atoms with Gasteiger partial charge in [0.2, 0.25) is 0 Å². The van der Waals surface area contributed by atoms with Crippen LogP contribution in [0.15, 0.2) is 48.7 Å². The van der Waals surface area contributed by atoms with Gasteiger partial charge < -0.3 is 19.3 Å². The molecule has 1 fully saturated rings. The second-order valence-electron chi connectivity index (χ2n) is 11.5. The lowest BCUT2D eigenvalue weighted by molar-refractivity contribution is 0.0600. The van der Waals surface area contributed by atoms with E-state index in [1.165, 1.54) is 7.11 Å². The zero-order valence-corrected chi connectivity index (χ0v) is 23.7. The van der Waals surface area contributed by atoms with E-state index >= 15 is 0 Å². The fourth-order valence-electron chi connectivity index (χ4n) is 5.67. The Bertz CT molecular complexity index is 1530. The minimum Gasteiger partial charge on any atom is -0.497 e. The van der Waals surface area contributed by atoms with Gasteiger partial charge in [-0.15, -0.1) is 0 Å². The summed E-state index contributed by atoms with van der Waals surface area (Å²) in [5.41, 5.74) is 5.71. The molecule has 0 spiro atoms. The van der Waals surface area contributed by atoms with Crippen LogP contribution in [-0.4, -0.2) is 59.6 Å². The average Bonchev–Trinajstić information content (AvgIpc) is 3.33. The van der Waals surface area contributed by atoms with E-state index in [0.29, 0.717) is 17.5 Å². The highest BCUT2D eigenvalue weighted by molar-refractivity contribution is 5.92. The van der Waals surface area contributed by atoms with Crippen LogP contribution in [0.5, 0.6) is 5.75 Å². The van der Waals surface area contributed by atoms with Crippen LogP contribution in [0.3, 0.4) is 0 Å². The fraction of sp³-hybridized carbons (Fsp3) is 0.419. The van der Waals surface area contributed by atoms with Crippen molar-refractivity contribution in [2.75, 3.05) is 43.7 Å². The van der Waals surface area contributed by atoms with E-state index in [0.717, 1.165) is 90.7 Å². The normalized spacial score (nSPS) is 16.6. The second kappa shape index (κ2) is 10.4. The van der Waals surface area contributed by atoms with E-state index in [1.807, 2.05) is 41.2 Å². The third-order valence-corrected chi connectivity index (χ3v) is 8.22. The van der Waals surface area contributed by atoms with Crippen molar-refractivity contribution in [1.82, 2.24) is 19.7 Å². The molecule has 0 unspecified atom stereocenters. The number of nitrogens with zero attached hydrogens (tertiary/aromatic N) is 6. The Morgan fingerprint density at radius 2 is 1.80 bits per heavy atom. The Kier molecular flexibility index (Phi) is 6.82. The highest BCUT2D eigenvalue weighted by Crippen LogP contribution is 2.38. The maximum absolute atomic E-state index is 12.2. The second-order valence-corrected chi connectivity index (χ2v) is 11.5. The number of anilines is 3. The number of hydrogen-bond acceptors (Lipinski definition) is 8. The minimum absolute atomic E-state index is 0.325. The highest BCUT2D eigenvalue weighted by Gasteiger charge is 2.29. The predicted molar refractivity (Wildman–Crippen MR) is 156 cm³/mol. The first kappa shape index (κ1) is 26.1. The zero-order valence-electron chi connectivity index (χ0n) is 23.7. The van der Waals surface area contributed by atoms with Crippen LogP contribution in [0.1, 0.15) is 54.6 Å². The molecular formula is C31H36N6O3. The molecule has 9 nitrogen and oxygen atoms in total. The van der Waals surface area contributed by atoms with Gasteiger partial charge in [-0.05, 0) is 72.6 Å². The van der Waals surface area contributed by atoms with Crippen molar-refractivity contribution in [3.8, 4) is 5.75 Å². The monoisotopic (exact) mass is 540 g/mol. The van der Waals surface area contributed by atoms with Crippen molar-refractivity contribution in [1.29, 1.82) is 0 Å². The fourth-order valence-corrected chi connectivity index (χ4v) is 5.67. The molecule has 208 valence electrons. The van der Waals surface area contributed by atoms with Gasteiger partial charge in [0.1, 0.15) is 11.6 Å². The number of rotatable bonds is 6. The van der Waals surface area contributed by atoms with Gasteiger partial charge in [-0.3, -0.25) is 0 Å². The standard InChI is InChI=1S/C31H36N6O3/c1-31(2)13-16-35(17-14-31)26-19-32-27-28(33-26)37(20-21-7-10-24(39-3)11-8-21)34-29(27)36-15-5-6-22-18-23(30(38)40-4)9-12-25(22)36/h7-12,18-19H,5-6,13-17,20H2,1-4H3. The zero-order chi connectivity index (χ0) is 27.9. The lowest BCUT2D eigenvalue weighted by atomic mass is 9.83. The summed E-state index contributed by atoms with van der Waals surface area (Å²) in [4.78, 5) is 26.8. The molecule has 6 rings (SSSR count). The SMILES string of the molecule is COC(=O)c1ccc2c(c1)CCCN2c1nn(Cc2ccc(OC)cc2)c2nc(N3CCC(C)(C)CC3)cnc12. The summed E-state index contributed by atoms with van der Waals surface area (Å²) in [6.45, 7) is 7.97. The largest absolute Gasteiger partial charge is 0.497 e. The molecule has 0 amide bonds.